The summed E-state index contributed by atoms with van der Waals surface area (Å²) in [5.74, 6) is 2.30. The summed E-state index contributed by atoms with van der Waals surface area (Å²) >= 11 is 0. The zero-order chi connectivity index (χ0) is 18.6. The van der Waals surface area contributed by atoms with Gasteiger partial charge in [-0.05, 0) is 36.5 Å². The Bertz CT molecular complexity index is 583. The lowest BCUT2D eigenvalue weighted by Gasteiger charge is -2.20. The van der Waals surface area contributed by atoms with Gasteiger partial charge in [-0.2, -0.15) is 0 Å². The van der Waals surface area contributed by atoms with Gasteiger partial charge in [-0.15, -0.1) is 0 Å². The van der Waals surface area contributed by atoms with Crippen molar-refractivity contribution in [3.63, 3.8) is 0 Å². The summed E-state index contributed by atoms with van der Waals surface area (Å²) in [5, 5.41) is 9.48. The lowest BCUT2D eigenvalue weighted by molar-refractivity contribution is -0.122. The van der Waals surface area contributed by atoms with Gasteiger partial charge in [0.05, 0.1) is 7.11 Å². The largest absolute Gasteiger partial charge is 0.497 e. The van der Waals surface area contributed by atoms with Crippen molar-refractivity contribution in [2.75, 3.05) is 27.2 Å². The number of methoxy groups -OCH3 is 1. The van der Waals surface area contributed by atoms with Crippen LogP contribution in [0, 0.1) is 5.92 Å². The fourth-order valence-corrected chi connectivity index (χ4v) is 3.30. The van der Waals surface area contributed by atoms with E-state index in [2.05, 4.69) is 20.9 Å². The number of aliphatic imine (C=N–C) groups is 1. The van der Waals surface area contributed by atoms with Gasteiger partial charge in [0, 0.05) is 33.1 Å². The number of rotatable bonds is 8. The maximum atomic E-state index is 12.0. The van der Waals surface area contributed by atoms with Crippen LogP contribution in [0.1, 0.15) is 44.1 Å². The molecule has 1 aromatic carbocycles. The van der Waals surface area contributed by atoms with Gasteiger partial charge >= 0.3 is 0 Å². The molecule has 1 amide bonds. The number of carbonyl (C=O) groups excluding carboxylic acids is 1. The molecule has 0 unspecified atom stereocenters. The van der Waals surface area contributed by atoms with Crippen molar-refractivity contribution in [2.24, 2.45) is 10.9 Å². The van der Waals surface area contributed by atoms with Crippen LogP contribution in [0.15, 0.2) is 29.3 Å². The average molecular weight is 361 g/mol. The SMILES string of the molecule is CN=C(NCCNC(=O)CC1CCCCC1)NCc1cccc(OC)c1. The standard InChI is InChI=1S/C20H32N4O2/c1-21-20(24-15-17-9-6-10-18(13-17)26-2)23-12-11-22-19(25)14-16-7-4-3-5-8-16/h6,9-10,13,16H,3-5,7-8,11-12,14-15H2,1-2H3,(H,22,25)(H2,21,23,24). The van der Waals surface area contributed by atoms with Crippen molar-refractivity contribution >= 4 is 11.9 Å². The predicted octanol–water partition coefficient (Wildman–Crippen LogP) is 2.45. The van der Waals surface area contributed by atoms with Crippen LogP contribution < -0.4 is 20.7 Å². The summed E-state index contributed by atoms with van der Waals surface area (Å²) in [6.45, 7) is 1.91. The molecule has 0 radical (unpaired) electrons. The van der Waals surface area contributed by atoms with Gasteiger partial charge in [0.2, 0.25) is 5.91 Å². The number of nitrogens with zero attached hydrogens (tertiary/aromatic N) is 1. The highest BCUT2D eigenvalue weighted by Crippen LogP contribution is 2.25. The smallest absolute Gasteiger partial charge is 0.220 e. The zero-order valence-electron chi connectivity index (χ0n) is 16.0. The van der Waals surface area contributed by atoms with Crippen LogP contribution in [-0.4, -0.2) is 39.1 Å². The van der Waals surface area contributed by atoms with E-state index in [1.807, 2.05) is 24.3 Å². The Labute approximate surface area is 156 Å². The molecular weight excluding hydrogens is 328 g/mol. The average Bonchev–Trinajstić information content (AvgIpc) is 2.68. The predicted molar refractivity (Wildman–Crippen MR) is 105 cm³/mol. The molecule has 0 heterocycles. The minimum atomic E-state index is 0.165. The molecule has 26 heavy (non-hydrogen) atoms. The number of ether oxygens (including phenoxy) is 1. The Morgan fingerprint density at radius 2 is 1.92 bits per heavy atom. The van der Waals surface area contributed by atoms with Crippen molar-refractivity contribution in [3.8, 4) is 5.75 Å². The number of hydrogen-bond acceptors (Lipinski definition) is 3. The molecule has 2 rings (SSSR count). The number of carbonyl (C=O) groups is 1. The Morgan fingerprint density at radius 3 is 2.65 bits per heavy atom. The Kier molecular flexibility index (Phi) is 8.79. The molecule has 0 aromatic heterocycles. The highest BCUT2D eigenvalue weighted by molar-refractivity contribution is 5.80. The monoisotopic (exact) mass is 360 g/mol. The third-order valence-corrected chi connectivity index (χ3v) is 4.76. The summed E-state index contributed by atoms with van der Waals surface area (Å²) in [5.41, 5.74) is 1.12. The van der Waals surface area contributed by atoms with Crippen molar-refractivity contribution < 1.29 is 9.53 Å². The molecule has 1 saturated carbocycles. The van der Waals surface area contributed by atoms with Gasteiger partial charge in [-0.3, -0.25) is 9.79 Å². The molecular formula is C20H32N4O2. The number of guanidine groups is 1. The lowest BCUT2D eigenvalue weighted by atomic mass is 9.87. The minimum Gasteiger partial charge on any atom is -0.497 e. The molecule has 3 N–H and O–H groups in total. The number of amides is 1. The van der Waals surface area contributed by atoms with E-state index in [4.69, 9.17) is 4.74 Å². The first-order chi connectivity index (χ1) is 12.7. The quantitative estimate of drug-likeness (QED) is 0.378. The van der Waals surface area contributed by atoms with Gasteiger partial charge < -0.3 is 20.7 Å². The third kappa shape index (κ3) is 7.33. The van der Waals surface area contributed by atoms with Crippen molar-refractivity contribution in [1.82, 2.24) is 16.0 Å². The summed E-state index contributed by atoms with van der Waals surface area (Å²) in [6.07, 6.45) is 6.94. The van der Waals surface area contributed by atoms with E-state index in [1.54, 1.807) is 14.2 Å². The van der Waals surface area contributed by atoms with Crippen LogP contribution in [0.25, 0.3) is 0 Å². The number of hydrogen-bond donors (Lipinski definition) is 3. The summed E-state index contributed by atoms with van der Waals surface area (Å²) < 4.78 is 5.23. The van der Waals surface area contributed by atoms with Gasteiger partial charge in [0.25, 0.3) is 0 Å². The molecule has 1 aliphatic carbocycles. The molecule has 6 heteroatoms. The van der Waals surface area contributed by atoms with E-state index in [-0.39, 0.29) is 5.91 Å². The Hall–Kier alpha value is -2.24. The minimum absolute atomic E-state index is 0.165. The molecule has 144 valence electrons. The van der Waals surface area contributed by atoms with Gasteiger partial charge in [-0.1, -0.05) is 31.4 Å². The van der Waals surface area contributed by atoms with Gasteiger partial charge in [0.1, 0.15) is 5.75 Å². The highest BCUT2D eigenvalue weighted by Gasteiger charge is 2.16. The summed E-state index contributed by atoms with van der Waals surface area (Å²) in [7, 11) is 3.40. The first-order valence-corrected chi connectivity index (χ1v) is 9.55. The molecule has 1 aliphatic rings. The van der Waals surface area contributed by atoms with Crippen LogP contribution in [0.4, 0.5) is 0 Å². The van der Waals surface area contributed by atoms with Crippen molar-refractivity contribution in [3.05, 3.63) is 29.8 Å². The topological polar surface area (TPSA) is 74.8 Å². The van der Waals surface area contributed by atoms with Crippen LogP contribution in [0.5, 0.6) is 5.75 Å². The summed E-state index contributed by atoms with van der Waals surface area (Å²) in [4.78, 5) is 16.2. The second kappa shape index (κ2) is 11.4. The Balaban J connectivity index is 1.61. The van der Waals surface area contributed by atoms with Crippen LogP contribution in [0.2, 0.25) is 0 Å². The third-order valence-electron chi connectivity index (χ3n) is 4.76. The van der Waals surface area contributed by atoms with E-state index in [0.717, 1.165) is 11.3 Å². The zero-order valence-corrected chi connectivity index (χ0v) is 16.0. The normalized spacial score (nSPS) is 15.4. The van der Waals surface area contributed by atoms with E-state index in [9.17, 15) is 4.79 Å². The molecule has 0 aliphatic heterocycles. The van der Waals surface area contributed by atoms with Gasteiger partial charge in [-0.25, -0.2) is 0 Å². The fourth-order valence-electron chi connectivity index (χ4n) is 3.30. The molecule has 6 nitrogen and oxygen atoms in total. The molecule has 1 aromatic rings. The second-order valence-corrected chi connectivity index (χ2v) is 6.76. The summed E-state index contributed by atoms with van der Waals surface area (Å²) in [6, 6.07) is 7.92. The van der Waals surface area contributed by atoms with Gasteiger partial charge in [0.15, 0.2) is 5.96 Å². The first kappa shape index (κ1) is 20.1. The second-order valence-electron chi connectivity index (χ2n) is 6.76. The fraction of sp³-hybridized carbons (Fsp3) is 0.600. The van der Waals surface area contributed by atoms with E-state index >= 15 is 0 Å². The molecule has 0 spiro atoms. The van der Waals surface area contributed by atoms with Crippen molar-refractivity contribution in [2.45, 2.75) is 45.1 Å². The van der Waals surface area contributed by atoms with Crippen LogP contribution in [0.3, 0.4) is 0 Å². The van der Waals surface area contributed by atoms with E-state index in [0.29, 0.717) is 37.9 Å². The first-order valence-electron chi connectivity index (χ1n) is 9.55. The molecule has 0 saturated heterocycles. The molecule has 0 atom stereocenters. The van der Waals surface area contributed by atoms with Crippen LogP contribution in [-0.2, 0) is 11.3 Å². The Morgan fingerprint density at radius 1 is 1.15 bits per heavy atom. The maximum Gasteiger partial charge on any atom is 0.220 e. The molecule has 0 bridgehead atoms. The highest BCUT2D eigenvalue weighted by atomic mass is 16.5. The van der Waals surface area contributed by atoms with E-state index < -0.39 is 0 Å². The van der Waals surface area contributed by atoms with E-state index in [1.165, 1.54) is 32.1 Å². The maximum absolute atomic E-state index is 12.0. The van der Waals surface area contributed by atoms with Crippen molar-refractivity contribution in [1.29, 1.82) is 0 Å². The lowest BCUT2D eigenvalue weighted by Crippen LogP contribution is -2.41. The number of benzene rings is 1. The molecule has 1 fully saturated rings. The van der Waals surface area contributed by atoms with Crippen LogP contribution >= 0.6 is 0 Å². The number of nitrogens with one attached hydrogen (secondary N) is 3.